The second kappa shape index (κ2) is 6.56. The highest BCUT2D eigenvalue weighted by atomic mass is 127. The van der Waals surface area contributed by atoms with Gasteiger partial charge in [-0.25, -0.2) is 0 Å². The van der Waals surface area contributed by atoms with Gasteiger partial charge in [-0.05, 0) is 64.0 Å². The van der Waals surface area contributed by atoms with Gasteiger partial charge in [0.25, 0.3) is 0 Å². The largest absolute Gasteiger partial charge is 0.497 e. The van der Waals surface area contributed by atoms with E-state index >= 15 is 0 Å². The molecule has 0 spiro atoms. The van der Waals surface area contributed by atoms with Gasteiger partial charge < -0.3 is 10.5 Å². The molecule has 1 atom stereocenters. The average Bonchev–Trinajstić information content (AvgIpc) is 2.40. The lowest BCUT2D eigenvalue weighted by Gasteiger charge is -2.17. The zero-order valence-electron chi connectivity index (χ0n) is 10.2. The zero-order chi connectivity index (χ0) is 14.0. The number of ether oxygens (including phenoxy) is 1. The van der Waals surface area contributed by atoms with Gasteiger partial charge in [0, 0.05) is 12.5 Å². The molecule has 0 heterocycles. The van der Waals surface area contributed by atoms with Crippen LogP contribution in [0.2, 0.25) is 0 Å². The molecule has 2 N–H and O–H groups in total. The van der Waals surface area contributed by atoms with Crippen LogP contribution in [0, 0.1) is 3.57 Å². The normalized spacial score (nSPS) is 12.3. The molecule has 0 saturated carbocycles. The van der Waals surface area contributed by atoms with Crippen LogP contribution in [-0.4, -0.2) is 7.11 Å². The molecule has 2 rings (SSSR count). The van der Waals surface area contributed by atoms with Crippen molar-refractivity contribution in [3.8, 4) is 5.75 Å². The lowest BCUT2D eigenvalue weighted by Crippen LogP contribution is -2.13. The summed E-state index contributed by atoms with van der Waals surface area (Å²) in [5.74, 6) is 0.810. The Morgan fingerprint density at radius 2 is 1.79 bits per heavy atom. The molecule has 1 unspecified atom stereocenters. The van der Waals surface area contributed by atoms with Crippen molar-refractivity contribution in [2.75, 3.05) is 7.11 Å². The molecule has 0 aliphatic carbocycles. The summed E-state index contributed by atoms with van der Waals surface area (Å²) in [6, 6.07) is 11.8. The molecule has 2 aromatic rings. The van der Waals surface area contributed by atoms with Crippen LogP contribution in [0.25, 0.3) is 0 Å². The fourth-order valence-corrected chi connectivity index (χ4v) is 3.42. The van der Waals surface area contributed by atoms with Gasteiger partial charge in [0.2, 0.25) is 0 Å². The maximum Gasteiger partial charge on any atom is 0.120 e. The van der Waals surface area contributed by atoms with E-state index in [2.05, 4.69) is 60.5 Å². The zero-order valence-corrected chi connectivity index (χ0v) is 15.5. The summed E-state index contributed by atoms with van der Waals surface area (Å²) in [6.45, 7) is 0. The highest BCUT2D eigenvalue weighted by molar-refractivity contribution is 14.1. The van der Waals surface area contributed by atoms with Gasteiger partial charge >= 0.3 is 0 Å². The minimum absolute atomic E-state index is 0.190. The third kappa shape index (κ3) is 3.51. The van der Waals surface area contributed by atoms with Crippen LogP contribution in [0.15, 0.2) is 45.3 Å². The maximum absolute atomic E-state index is 6.37. The number of hydrogen-bond acceptors (Lipinski definition) is 2. The summed E-state index contributed by atoms with van der Waals surface area (Å²) in [5.41, 5.74) is 8.47. The van der Waals surface area contributed by atoms with Gasteiger partial charge in [-0.1, -0.05) is 37.9 Å². The lowest BCUT2D eigenvalue weighted by molar-refractivity contribution is 0.414. The summed E-state index contributed by atoms with van der Waals surface area (Å²) in [5, 5.41) is 0. The molecule has 0 radical (unpaired) electrons. The number of benzene rings is 2. The van der Waals surface area contributed by atoms with Crippen molar-refractivity contribution in [1.29, 1.82) is 0 Å². The Bertz CT molecular complexity index is 604. The van der Waals surface area contributed by atoms with Gasteiger partial charge in [0.05, 0.1) is 13.2 Å². The van der Waals surface area contributed by atoms with E-state index in [1.807, 2.05) is 30.3 Å². The third-order valence-electron chi connectivity index (χ3n) is 2.84. The first-order valence-electron chi connectivity index (χ1n) is 5.57. The monoisotopic (exact) mass is 495 g/mol. The third-order valence-corrected chi connectivity index (χ3v) is 4.92. The summed E-state index contributed by atoms with van der Waals surface area (Å²) >= 11 is 9.40. The summed E-state index contributed by atoms with van der Waals surface area (Å²) in [7, 11) is 1.65. The van der Waals surface area contributed by atoms with Crippen LogP contribution >= 0.6 is 54.5 Å². The van der Waals surface area contributed by atoms with Gasteiger partial charge in [0.15, 0.2) is 0 Å². The van der Waals surface area contributed by atoms with E-state index in [-0.39, 0.29) is 6.04 Å². The van der Waals surface area contributed by atoms with Crippen molar-refractivity contribution >= 4 is 54.5 Å². The number of methoxy groups -OCH3 is 1. The summed E-state index contributed by atoms with van der Waals surface area (Å²) < 4.78 is 8.33. The average molecular weight is 497 g/mol. The molecule has 100 valence electrons. The molecule has 19 heavy (non-hydrogen) atoms. The fourth-order valence-electron chi connectivity index (χ4n) is 1.81. The molecule has 0 aliphatic rings. The van der Waals surface area contributed by atoms with Gasteiger partial charge in [-0.15, -0.1) is 0 Å². The minimum Gasteiger partial charge on any atom is -0.497 e. The van der Waals surface area contributed by atoms with Gasteiger partial charge in [0.1, 0.15) is 5.75 Å². The molecule has 5 heteroatoms. The molecular weight excluding hydrogens is 485 g/mol. The molecule has 0 fully saturated rings. The topological polar surface area (TPSA) is 35.2 Å². The van der Waals surface area contributed by atoms with E-state index in [9.17, 15) is 0 Å². The lowest BCUT2D eigenvalue weighted by atomic mass is 10.00. The Morgan fingerprint density at radius 1 is 1.05 bits per heavy atom. The molecule has 0 aromatic heterocycles. The predicted molar refractivity (Wildman–Crippen MR) is 93.6 cm³/mol. The first kappa shape index (κ1) is 15.3. The van der Waals surface area contributed by atoms with Crippen molar-refractivity contribution in [3.63, 3.8) is 0 Å². The van der Waals surface area contributed by atoms with Crippen LogP contribution in [0.3, 0.4) is 0 Å². The second-order valence-corrected chi connectivity index (χ2v) is 6.99. The van der Waals surface area contributed by atoms with Crippen molar-refractivity contribution in [2.45, 2.75) is 6.04 Å². The smallest absolute Gasteiger partial charge is 0.120 e. The Kier molecular flexibility index (Phi) is 5.28. The second-order valence-electron chi connectivity index (χ2n) is 4.03. The number of hydrogen-bond donors (Lipinski definition) is 1. The maximum atomic E-state index is 6.37. The van der Waals surface area contributed by atoms with E-state index in [0.717, 1.165) is 29.4 Å². The molecule has 0 saturated heterocycles. The Labute approximate surface area is 143 Å². The van der Waals surface area contributed by atoms with Gasteiger partial charge in [-0.3, -0.25) is 0 Å². The van der Waals surface area contributed by atoms with Gasteiger partial charge in [-0.2, -0.15) is 0 Å². The molecule has 0 amide bonds. The fraction of sp³-hybridized carbons (Fsp3) is 0.143. The Morgan fingerprint density at radius 3 is 2.42 bits per heavy atom. The molecular formula is C14H12Br2INO. The van der Waals surface area contributed by atoms with Crippen molar-refractivity contribution in [3.05, 3.63) is 60.0 Å². The highest BCUT2D eigenvalue weighted by Gasteiger charge is 2.15. The van der Waals surface area contributed by atoms with E-state index in [1.165, 1.54) is 0 Å². The van der Waals surface area contributed by atoms with Crippen LogP contribution in [0.5, 0.6) is 5.75 Å². The quantitative estimate of drug-likeness (QED) is 0.615. The number of rotatable bonds is 3. The Hall–Kier alpha value is -0.110. The van der Waals surface area contributed by atoms with Crippen LogP contribution in [0.1, 0.15) is 17.2 Å². The van der Waals surface area contributed by atoms with Crippen LogP contribution in [0.4, 0.5) is 0 Å². The van der Waals surface area contributed by atoms with E-state index < -0.39 is 0 Å². The summed E-state index contributed by atoms with van der Waals surface area (Å²) in [4.78, 5) is 0. The molecule has 0 bridgehead atoms. The van der Waals surface area contributed by atoms with Crippen LogP contribution in [-0.2, 0) is 0 Å². The van der Waals surface area contributed by atoms with E-state index in [4.69, 9.17) is 10.5 Å². The van der Waals surface area contributed by atoms with Crippen molar-refractivity contribution in [1.82, 2.24) is 0 Å². The minimum atomic E-state index is -0.190. The number of halogens is 3. The molecule has 2 nitrogen and oxygen atoms in total. The number of nitrogens with two attached hydrogens (primary N) is 1. The van der Waals surface area contributed by atoms with Crippen molar-refractivity contribution < 1.29 is 4.74 Å². The Balaban J connectivity index is 2.43. The predicted octanol–water partition coefficient (Wildman–Crippen LogP) is 4.87. The highest BCUT2D eigenvalue weighted by Crippen LogP contribution is 2.33. The summed E-state index contributed by atoms with van der Waals surface area (Å²) in [6.07, 6.45) is 0. The molecule has 2 aromatic carbocycles. The standard InChI is InChI=1S/C14H12Br2INO/c1-19-9-3-4-10(13(16)7-9)14(18)11-6-8(17)2-5-12(11)15/h2-7,14H,18H2,1H3. The van der Waals surface area contributed by atoms with E-state index in [0.29, 0.717) is 0 Å². The van der Waals surface area contributed by atoms with E-state index in [1.54, 1.807) is 7.11 Å². The SMILES string of the molecule is COc1ccc(C(N)c2cc(I)ccc2Br)c(Br)c1. The molecule has 0 aliphatic heterocycles. The first-order chi connectivity index (χ1) is 9.02. The first-order valence-corrected chi connectivity index (χ1v) is 8.23. The van der Waals surface area contributed by atoms with Crippen molar-refractivity contribution in [2.24, 2.45) is 5.73 Å². The van der Waals surface area contributed by atoms with Crippen LogP contribution < -0.4 is 10.5 Å².